The number of para-hydroxylation sites is 2. The largest absolute Gasteiger partial charge is 0.468 e. The highest BCUT2D eigenvalue weighted by Gasteiger charge is 2.19. The summed E-state index contributed by atoms with van der Waals surface area (Å²) in [6.07, 6.45) is 4.37. The summed E-state index contributed by atoms with van der Waals surface area (Å²) in [4.78, 5) is 21.1. The molecule has 0 aliphatic carbocycles. The fourth-order valence-electron chi connectivity index (χ4n) is 4.12. The highest BCUT2D eigenvalue weighted by atomic mass is 35.5. The van der Waals surface area contributed by atoms with Gasteiger partial charge in [0, 0.05) is 38.4 Å². The van der Waals surface area contributed by atoms with Gasteiger partial charge < -0.3 is 19.7 Å². The molecule has 4 heterocycles. The molecule has 2 saturated heterocycles. The molecule has 33 heavy (non-hydrogen) atoms. The minimum atomic E-state index is 0. The van der Waals surface area contributed by atoms with Gasteiger partial charge in [0.25, 0.3) is 0 Å². The van der Waals surface area contributed by atoms with Crippen molar-refractivity contribution in [2.45, 2.75) is 45.3 Å². The van der Waals surface area contributed by atoms with Crippen molar-refractivity contribution < 1.29 is 9.47 Å². The van der Waals surface area contributed by atoms with Crippen LogP contribution >= 0.6 is 24.8 Å². The van der Waals surface area contributed by atoms with Gasteiger partial charge in [-0.1, -0.05) is 12.1 Å². The lowest BCUT2D eigenvalue weighted by Crippen LogP contribution is -2.29. The molecule has 0 amide bonds. The molecule has 178 valence electrons. The molecular weight excluding hydrogens is 463 g/mol. The van der Waals surface area contributed by atoms with E-state index in [0.29, 0.717) is 17.7 Å². The third-order valence-corrected chi connectivity index (χ3v) is 5.80. The highest BCUT2D eigenvalue weighted by molar-refractivity contribution is 5.85. The molecule has 3 aromatic rings. The first-order valence-electron chi connectivity index (χ1n) is 11.1. The number of halogens is 2. The van der Waals surface area contributed by atoms with Crippen LogP contribution < -0.4 is 15.0 Å². The van der Waals surface area contributed by atoms with Gasteiger partial charge in [-0.15, -0.1) is 24.8 Å². The van der Waals surface area contributed by atoms with E-state index in [1.165, 1.54) is 12.8 Å². The molecule has 1 aromatic carbocycles. The average Bonchev–Trinajstić information content (AvgIpc) is 3.33. The number of fused-ring (bicyclic) bond motifs is 1. The predicted molar refractivity (Wildman–Crippen MR) is 134 cm³/mol. The van der Waals surface area contributed by atoms with E-state index in [1.807, 2.05) is 31.2 Å². The van der Waals surface area contributed by atoms with Crippen LogP contribution in [0.1, 0.15) is 37.2 Å². The molecule has 0 spiro atoms. The molecular formula is C23H30Cl2N6O2. The molecule has 10 heteroatoms. The third-order valence-electron chi connectivity index (χ3n) is 5.80. The van der Waals surface area contributed by atoms with Gasteiger partial charge in [0.2, 0.25) is 5.88 Å². The highest BCUT2D eigenvalue weighted by Crippen LogP contribution is 2.24. The third kappa shape index (κ3) is 6.13. The number of aromatic nitrogens is 4. The normalized spacial score (nSPS) is 16.2. The van der Waals surface area contributed by atoms with Crippen LogP contribution in [-0.4, -0.2) is 52.3 Å². The number of benzene rings is 1. The number of nitrogens with one attached hydrogen (secondary N) is 1. The van der Waals surface area contributed by atoms with Gasteiger partial charge in [-0.2, -0.15) is 0 Å². The van der Waals surface area contributed by atoms with Crippen molar-refractivity contribution in [3.05, 3.63) is 41.9 Å². The van der Waals surface area contributed by atoms with E-state index in [2.05, 4.69) is 26.3 Å². The van der Waals surface area contributed by atoms with Gasteiger partial charge in [0.1, 0.15) is 23.9 Å². The van der Waals surface area contributed by atoms with E-state index in [9.17, 15) is 0 Å². The number of ether oxygens (including phenoxy) is 2. The van der Waals surface area contributed by atoms with E-state index in [1.54, 1.807) is 0 Å². The van der Waals surface area contributed by atoms with Crippen LogP contribution in [-0.2, 0) is 11.3 Å². The number of hydrogen-bond donors (Lipinski definition) is 1. The summed E-state index contributed by atoms with van der Waals surface area (Å²) in [6.45, 7) is 5.80. The summed E-state index contributed by atoms with van der Waals surface area (Å²) in [5.41, 5.74) is 2.44. The fourth-order valence-corrected chi connectivity index (χ4v) is 4.12. The Hall–Kier alpha value is -2.42. The maximum absolute atomic E-state index is 6.03. The predicted octanol–water partition coefficient (Wildman–Crippen LogP) is 4.34. The van der Waals surface area contributed by atoms with Crippen molar-refractivity contribution in [3.8, 4) is 5.88 Å². The minimum Gasteiger partial charge on any atom is -0.468 e. The van der Waals surface area contributed by atoms with Crippen LogP contribution in [0.25, 0.3) is 11.0 Å². The zero-order valence-corrected chi connectivity index (χ0v) is 20.3. The van der Waals surface area contributed by atoms with Crippen molar-refractivity contribution in [2.24, 2.45) is 0 Å². The quantitative estimate of drug-likeness (QED) is 0.543. The first-order chi connectivity index (χ1) is 15.2. The number of nitrogens with zero attached hydrogens (tertiary/aromatic N) is 5. The lowest BCUT2D eigenvalue weighted by atomic mass is 10.1. The van der Waals surface area contributed by atoms with E-state index in [0.717, 1.165) is 67.5 Å². The standard InChI is InChI=1S/C23H28N6O2.2ClH/c1-16-23(26-19-7-3-2-6-18(19)24-16)31-15-21-27-20(25-17-8-12-30-13-9-17)14-22(28-21)29-10-4-5-11-29;;/h2-3,6-7,14,17H,4-5,8-13,15H2,1H3,(H,25,27,28);2*1H. The summed E-state index contributed by atoms with van der Waals surface area (Å²) < 4.78 is 11.5. The van der Waals surface area contributed by atoms with Gasteiger partial charge >= 0.3 is 0 Å². The SMILES string of the molecule is Cc1nc2ccccc2nc1OCc1nc(NC2CCOCC2)cc(N2CCCC2)n1.Cl.Cl. The smallest absolute Gasteiger partial charge is 0.236 e. The van der Waals surface area contributed by atoms with Crippen molar-refractivity contribution in [1.29, 1.82) is 0 Å². The van der Waals surface area contributed by atoms with E-state index in [4.69, 9.17) is 19.4 Å². The van der Waals surface area contributed by atoms with Crippen LogP contribution in [0.3, 0.4) is 0 Å². The van der Waals surface area contributed by atoms with E-state index in [-0.39, 0.29) is 31.4 Å². The molecule has 5 rings (SSSR count). The molecule has 2 aromatic heterocycles. The molecule has 0 unspecified atom stereocenters. The Labute approximate surface area is 206 Å². The van der Waals surface area contributed by atoms with Gasteiger partial charge in [0.05, 0.1) is 11.0 Å². The molecule has 8 nitrogen and oxygen atoms in total. The van der Waals surface area contributed by atoms with Crippen LogP contribution in [0, 0.1) is 6.92 Å². The second kappa shape index (κ2) is 11.6. The second-order valence-corrected chi connectivity index (χ2v) is 8.14. The molecule has 0 radical (unpaired) electrons. The summed E-state index contributed by atoms with van der Waals surface area (Å²) in [5, 5.41) is 3.58. The minimum absolute atomic E-state index is 0. The molecule has 2 aliphatic heterocycles. The Morgan fingerprint density at radius 2 is 1.70 bits per heavy atom. The Morgan fingerprint density at radius 1 is 1.00 bits per heavy atom. The van der Waals surface area contributed by atoms with Crippen LogP contribution in [0.2, 0.25) is 0 Å². The first kappa shape index (κ1) is 25.2. The van der Waals surface area contributed by atoms with Crippen molar-refractivity contribution in [1.82, 2.24) is 19.9 Å². The summed E-state index contributed by atoms with van der Waals surface area (Å²) >= 11 is 0. The molecule has 1 N–H and O–H groups in total. The van der Waals surface area contributed by atoms with Crippen LogP contribution in [0.15, 0.2) is 30.3 Å². The van der Waals surface area contributed by atoms with Crippen molar-refractivity contribution in [3.63, 3.8) is 0 Å². The van der Waals surface area contributed by atoms with Gasteiger partial charge in [0.15, 0.2) is 5.82 Å². The fraction of sp³-hybridized carbons (Fsp3) is 0.478. The number of anilines is 2. The average molecular weight is 493 g/mol. The lowest BCUT2D eigenvalue weighted by molar-refractivity contribution is 0.0904. The number of aryl methyl sites for hydroxylation is 1. The van der Waals surface area contributed by atoms with Gasteiger partial charge in [-0.3, -0.25) is 0 Å². The van der Waals surface area contributed by atoms with Gasteiger partial charge in [-0.25, -0.2) is 19.9 Å². The van der Waals surface area contributed by atoms with Crippen molar-refractivity contribution >= 4 is 47.5 Å². The zero-order valence-electron chi connectivity index (χ0n) is 18.7. The Bertz CT molecular complexity index is 1060. The molecule has 2 aliphatic rings. The maximum atomic E-state index is 6.03. The summed E-state index contributed by atoms with van der Waals surface area (Å²) in [6, 6.07) is 10.2. The topological polar surface area (TPSA) is 85.3 Å². The summed E-state index contributed by atoms with van der Waals surface area (Å²) in [7, 11) is 0. The molecule has 0 saturated carbocycles. The first-order valence-corrected chi connectivity index (χ1v) is 11.1. The van der Waals surface area contributed by atoms with Gasteiger partial charge in [-0.05, 0) is 44.7 Å². The second-order valence-electron chi connectivity index (χ2n) is 8.14. The lowest BCUT2D eigenvalue weighted by Gasteiger charge is -2.25. The molecule has 0 bridgehead atoms. The monoisotopic (exact) mass is 492 g/mol. The van der Waals surface area contributed by atoms with Crippen LogP contribution in [0.5, 0.6) is 5.88 Å². The van der Waals surface area contributed by atoms with E-state index < -0.39 is 0 Å². The molecule has 0 atom stereocenters. The Balaban J connectivity index is 0.00000153. The Kier molecular flexibility index (Phi) is 8.88. The number of rotatable bonds is 6. The Morgan fingerprint density at radius 3 is 2.42 bits per heavy atom. The van der Waals surface area contributed by atoms with Crippen molar-refractivity contribution in [2.75, 3.05) is 36.5 Å². The summed E-state index contributed by atoms with van der Waals surface area (Å²) in [5.74, 6) is 2.98. The maximum Gasteiger partial charge on any atom is 0.236 e. The van der Waals surface area contributed by atoms with E-state index >= 15 is 0 Å². The zero-order chi connectivity index (χ0) is 21.0. The number of hydrogen-bond acceptors (Lipinski definition) is 8. The molecule has 2 fully saturated rings. The van der Waals surface area contributed by atoms with Crippen LogP contribution in [0.4, 0.5) is 11.6 Å².